The molecule has 0 spiro atoms. The van der Waals surface area contributed by atoms with Crippen molar-refractivity contribution in [3.63, 3.8) is 0 Å². The molecule has 0 amide bonds. The lowest BCUT2D eigenvalue weighted by Gasteiger charge is -2.44. The van der Waals surface area contributed by atoms with E-state index in [4.69, 9.17) is 10.5 Å². The van der Waals surface area contributed by atoms with E-state index < -0.39 is 0 Å². The summed E-state index contributed by atoms with van der Waals surface area (Å²) in [5.74, 6) is 0. The highest BCUT2D eigenvalue weighted by atomic mass is 16.5. The van der Waals surface area contributed by atoms with Gasteiger partial charge in [-0.1, -0.05) is 0 Å². The molecular formula is C10H22N2O. The maximum absolute atomic E-state index is 5.75. The molecule has 0 aliphatic carbocycles. The number of hydrogen-bond acceptors (Lipinski definition) is 3. The third kappa shape index (κ3) is 2.42. The fraction of sp³-hybridized carbons (Fsp3) is 1.00. The van der Waals surface area contributed by atoms with Crippen molar-refractivity contribution in [1.29, 1.82) is 0 Å². The van der Waals surface area contributed by atoms with Gasteiger partial charge in [0.2, 0.25) is 0 Å². The Morgan fingerprint density at radius 3 is 2.54 bits per heavy atom. The molecule has 78 valence electrons. The van der Waals surface area contributed by atoms with Crippen LogP contribution in [0.1, 0.15) is 27.7 Å². The molecule has 3 unspecified atom stereocenters. The zero-order valence-electron chi connectivity index (χ0n) is 9.16. The molecule has 0 aromatic carbocycles. The standard InChI is InChI=1S/C10H22N2O/c1-7(2)12-6-8(3)13-9(4)10(12)5-11/h7-10H,5-6,11H2,1-4H3. The molecule has 3 atom stereocenters. The van der Waals surface area contributed by atoms with Crippen LogP contribution in [0.2, 0.25) is 0 Å². The Bertz CT molecular complexity index is 161. The first-order chi connectivity index (χ1) is 6.06. The lowest BCUT2D eigenvalue weighted by atomic mass is 10.0. The predicted octanol–water partition coefficient (Wildman–Crippen LogP) is 0.831. The lowest BCUT2D eigenvalue weighted by molar-refractivity contribution is -0.111. The van der Waals surface area contributed by atoms with Crippen molar-refractivity contribution in [3.8, 4) is 0 Å². The van der Waals surface area contributed by atoms with E-state index in [1.165, 1.54) is 0 Å². The topological polar surface area (TPSA) is 38.5 Å². The second-order valence-electron chi connectivity index (χ2n) is 4.25. The molecule has 1 aliphatic heterocycles. The van der Waals surface area contributed by atoms with Crippen LogP contribution in [-0.4, -0.2) is 42.3 Å². The Morgan fingerprint density at radius 1 is 1.46 bits per heavy atom. The van der Waals surface area contributed by atoms with Crippen LogP contribution in [0.3, 0.4) is 0 Å². The van der Waals surface area contributed by atoms with Crippen LogP contribution in [0.15, 0.2) is 0 Å². The smallest absolute Gasteiger partial charge is 0.0718 e. The van der Waals surface area contributed by atoms with E-state index in [9.17, 15) is 0 Å². The molecule has 1 fully saturated rings. The number of ether oxygens (including phenoxy) is 1. The zero-order chi connectivity index (χ0) is 10.0. The highest BCUT2D eigenvalue weighted by Gasteiger charge is 2.32. The minimum atomic E-state index is 0.260. The second-order valence-corrected chi connectivity index (χ2v) is 4.25. The van der Waals surface area contributed by atoms with E-state index in [1.54, 1.807) is 0 Å². The molecule has 1 rings (SSSR count). The molecule has 0 saturated carbocycles. The summed E-state index contributed by atoms with van der Waals surface area (Å²) >= 11 is 0. The summed E-state index contributed by atoms with van der Waals surface area (Å²) in [5, 5.41) is 0. The molecule has 0 bridgehead atoms. The van der Waals surface area contributed by atoms with Gasteiger partial charge in [0.05, 0.1) is 12.2 Å². The van der Waals surface area contributed by atoms with E-state index in [0.29, 0.717) is 24.7 Å². The van der Waals surface area contributed by atoms with Crippen molar-refractivity contribution in [2.75, 3.05) is 13.1 Å². The molecule has 1 aliphatic rings. The van der Waals surface area contributed by atoms with Crippen molar-refractivity contribution in [3.05, 3.63) is 0 Å². The number of nitrogens with zero attached hydrogens (tertiary/aromatic N) is 1. The summed E-state index contributed by atoms with van der Waals surface area (Å²) in [6.07, 6.45) is 0.594. The number of hydrogen-bond donors (Lipinski definition) is 1. The fourth-order valence-corrected chi connectivity index (χ4v) is 2.12. The summed E-state index contributed by atoms with van der Waals surface area (Å²) in [6.45, 7) is 10.4. The summed E-state index contributed by atoms with van der Waals surface area (Å²) in [5.41, 5.74) is 5.75. The van der Waals surface area contributed by atoms with E-state index in [0.717, 1.165) is 6.54 Å². The average Bonchev–Trinajstić information content (AvgIpc) is 2.02. The van der Waals surface area contributed by atoms with Gasteiger partial charge in [-0.25, -0.2) is 0 Å². The molecule has 2 N–H and O–H groups in total. The van der Waals surface area contributed by atoms with Crippen molar-refractivity contribution in [2.45, 2.75) is 52.0 Å². The molecule has 13 heavy (non-hydrogen) atoms. The van der Waals surface area contributed by atoms with Crippen molar-refractivity contribution < 1.29 is 4.74 Å². The maximum atomic E-state index is 5.75. The summed E-state index contributed by atoms with van der Waals surface area (Å²) in [4.78, 5) is 2.44. The molecular weight excluding hydrogens is 164 g/mol. The highest BCUT2D eigenvalue weighted by molar-refractivity contribution is 4.86. The summed E-state index contributed by atoms with van der Waals surface area (Å²) in [7, 11) is 0. The molecule has 3 heteroatoms. The molecule has 1 heterocycles. The van der Waals surface area contributed by atoms with Crippen LogP contribution in [0.5, 0.6) is 0 Å². The van der Waals surface area contributed by atoms with E-state index >= 15 is 0 Å². The first-order valence-electron chi connectivity index (χ1n) is 5.17. The monoisotopic (exact) mass is 186 g/mol. The third-order valence-electron chi connectivity index (χ3n) is 2.79. The SMILES string of the molecule is CC1CN(C(C)C)C(CN)C(C)O1. The van der Waals surface area contributed by atoms with Crippen LogP contribution in [0.25, 0.3) is 0 Å². The predicted molar refractivity (Wildman–Crippen MR) is 54.7 cm³/mol. The Kier molecular flexibility index (Phi) is 3.71. The minimum Gasteiger partial charge on any atom is -0.373 e. The quantitative estimate of drug-likeness (QED) is 0.694. The van der Waals surface area contributed by atoms with Gasteiger partial charge in [0, 0.05) is 25.2 Å². The lowest BCUT2D eigenvalue weighted by Crippen LogP contribution is -2.58. The zero-order valence-corrected chi connectivity index (χ0v) is 9.16. The highest BCUT2D eigenvalue weighted by Crippen LogP contribution is 2.19. The molecule has 3 nitrogen and oxygen atoms in total. The first-order valence-corrected chi connectivity index (χ1v) is 5.17. The van der Waals surface area contributed by atoms with Crippen molar-refractivity contribution >= 4 is 0 Å². The Labute approximate surface area is 81.2 Å². The largest absolute Gasteiger partial charge is 0.373 e. The minimum absolute atomic E-state index is 0.260. The van der Waals surface area contributed by atoms with Crippen LogP contribution in [0.4, 0.5) is 0 Å². The van der Waals surface area contributed by atoms with Crippen molar-refractivity contribution in [2.24, 2.45) is 5.73 Å². The van der Waals surface area contributed by atoms with Crippen LogP contribution in [0, 0.1) is 0 Å². The van der Waals surface area contributed by atoms with E-state index in [1.807, 2.05) is 0 Å². The molecule has 0 aromatic heterocycles. The number of rotatable bonds is 2. The molecule has 0 radical (unpaired) electrons. The van der Waals surface area contributed by atoms with E-state index in [-0.39, 0.29) is 6.10 Å². The molecule has 0 aromatic rings. The molecule has 1 saturated heterocycles. The van der Waals surface area contributed by atoms with Gasteiger partial charge in [-0.3, -0.25) is 4.90 Å². The summed E-state index contributed by atoms with van der Waals surface area (Å²) < 4.78 is 5.75. The normalized spacial score (nSPS) is 36.9. The average molecular weight is 186 g/mol. The number of nitrogens with two attached hydrogens (primary N) is 1. The van der Waals surface area contributed by atoms with Crippen LogP contribution in [-0.2, 0) is 4.74 Å². The second kappa shape index (κ2) is 4.40. The van der Waals surface area contributed by atoms with Crippen LogP contribution >= 0.6 is 0 Å². The van der Waals surface area contributed by atoms with Gasteiger partial charge >= 0.3 is 0 Å². The first kappa shape index (κ1) is 11.0. The third-order valence-corrected chi connectivity index (χ3v) is 2.79. The summed E-state index contributed by atoms with van der Waals surface area (Å²) in [6, 6.07) is 0.943. The van der Waals surface area contributed by atoms with Gasteiger partial charge in [0.1, 0.15) is 0 Å². The van der Waals surface area contributed by atoms with Gasteiger partial charge in [-0.15, -0.1) is 0 Å². The van der Waals surface area contributed by atoms with Gasteiger partial charge < -0.3 is 10.5 Å². The van der Waals surface area contributed by atoms with Crippen LogP contribution < -0.4 is 5.73 Å². The van der Waals surface area contributed by atoms with E-state index in [2.05, 4.69) is 32.6 Å². The Hall–Kier alpha value is -0.120. The Morgan fingerprint density at radius 2 is 2.08 bits per heavy atom. The number of morpholine rings is 1. The fourth-order valence-electron chi connectivity index (χ4n) is 2.12. The van der Waals surface area contributed by atoms with Gasteiger partial charge in [-0.05, 0) is 27.7 Å². The van der Waals surface area contributed by atoms with Gasteiger partial charge in [0.25, 0.3) is 0 Å². The van der Waals surface area contributed by atoms with Gasteiger partial charge in [0.15, 0.2) is 0 Å². The Balaban J connectivity index is 2.66. The van der Waals surface area contributed by atoms with Crippen molar-refractivity contribution in [1.82, 2.24) is 4.90 Å². The maximum Gasteiger partial charge on any atom is 0.0718 e. The van der Waals surface area contributed by atoms with Gasteiger partial charge in [-0.2, -0.15) is 0 Å².